The minimum absolute atomic E-state index is 0.250. The molecule has 1 rings (SSSR count). The van der Waals surface area contributed by atoms with Crippen molar-refractivity contribution >= 4 is 5.78 Å². The zero-order valence-electron chi connectivity index (χ0n) is 9.12. The van der Waals surface area contributed by atoms with Crippen LogP contribution in [0.2, 0.25) is 0 Å². The van der Waals surface area contributed by atoms with Crippen LogP contribution in [0.1, 0.15) is 31.7 Å². The number of hydrogen-bond donors (Lipinski definition) is 0. The van der Waals surface area contributed by atoms with Crippen LogP contribution in [0.25, 0.3) is 0 Å². The first-order valence-electron chi connectivity index (χ1n) is 5.28. The second-order valence-corrected chi connectivity index (χ2v) is 3.48. The Morgan fingerprint density at radius 2 is 2.00 bits per heavy atom. The van der Waals surface area contributed by atoms with Gasteiger partial charge in [-0.3, -0.25) is 4.79 Å². The van der Waals surface area contributed by atoms with Crippen molar-refractivity contribution in [1.82, 2.24) is 0 Å². The van der Waals surface area contributed by atoms with E-state index in [2.05, 4.69) is 24.0 Å². The molecule has 1 aromatic carbocycles. The van der Waals surface area contributed by atoms with Gasteiger partial charge in [0.2, 0.25) is 0 Å². The fraction of sp³-hybridized carbons (Fsp3) is 0.357. The van der Waals surface area contributed by atoms with Crippen molar-refractivity contribution in [3.63, 3.8) is 0 Å². The highest BCUT2D eigenvalue weighted by Crippen LogP contribution is 2.05. The van der Waals surface area contributed by atoms with Gasteiger partial charge in [0.15, 0.2) is 0 Å². The molecule has 0 fully saturated rings. The first-order chi connectivity index (χ1) is 7.33. The lowest BCUT2D eigenvalue weighted by atomic mass is 10.1. The Morgan fingerprint density at radius 3 is 2.67 bits per heavy atom. The SMILES string of the molecule is CC#CCC(=O)CCCc1ccccc1. The van der Waals surface area contributed by atoms with E-state index in [1.165, 1.54) is 5.56 Å². The molecule has 0 aromatic heterocycles. The zero-order valence-corrected chi connectivity index (χ0v) is 9.12. The van der Waals surface area contributed by atoms with Crippen molar-refractivity contribution in [2.24, 2.45) is 0 Å². The van der Waals surface area contributed by atoms with Gasteiger partial charge >= 0.3 is 0 Å². The lowest BCUT2D eigenvalue weighted by Gasteiger charge is -1.99. The Hall–Kier alpha value is -1.55. The number of rotatable bonds is 5. The van der Waals surface area contributed by atoms with Crippen LogP contribution in [-0.2, 0) is 11.2 Å². The molecule has 0 spiro atoms. The fourth-order valence-corrected chi connectivity index (χ4v) is 1.41. The Bertz CT molecular complexity index is 354. The Kier molecular flexibility index (Phi) is 5.25. The largest absolute Gasteiger partial charge is 0.299 e. The van der Waals surface area contributed by atoms with Crippen LogP contribution in [-0.4, -0.2) is 5.78 Å². The monoisotopic (exact) mass is 200 g/mol. The zero-order chi connectivity index (χ0) is 10.9. The van der Waals surface area contributed by atoms with Crippen LogP contribution < -0.4 is 0 Å². The van der Waals surface area contributed by atoms with Crippen molar-refractivity contribution in [2.75, 3.05) is 0 Å². The van der Waals surface area contributed by atoms with Gasteiger partial charge < -0.3 is 0 Å². The molecule has 15 heavy (non-hydrogen) atoms. The molecule has 0 heterocycles. The Balaban J connectivity index is 2.21. The second kappa shape index (κ2) is 6.84. The molecular weight excluding hydrogens is 184 g/mol. The molecule has 0 aliphatic rings. The minimum atomic E-state index is 0.250. The summed E-state index contributed by atoms with van der Waals surface area (Å²) in [6, 6.07) is 10.2. The van der Waals surface area contributed by atoms with E-state index in [1.54, 1.807) is 6.92 Å². The summed E-state index contributed by atoms with van der Waals surface area (Å²) in [5.74, 6) is 5.78. The topological polar surface area (TPSA) is 17.1 Å². The van der Waals surface area contributed by atoms with Gasteiger partial charge in [-0.25, -0.2) is 0 Å². The van der Waals surface area contributed by atoms with Crippen LogP contribution in [0.3, 0.4) is 0 Å². The highest BCUT2D eigenvalue weighted by molar-refractivity contribution is 5.80. The maximum atomic E-state index is 11.3. The van der Waals surface area contributed by atoms with Crippen molar-refractivity contribution < 1.29 is 4.79 Å². The first-order valence-corrected chi connectivity index (χ1v) is 5.28. The summed E-state index contributed by atoms with van der Waals surface area (Å²) in [5, 5.41) is 0. The maximum Gasteiger partial charge on any atom is 0.144 e. The number of ketones is 1. The minimum Gasteiger partial charge on any atom is -0.299 e. The molecule has 0 amide bonds. The number of hydrogen-bond acceptors (Lipinski definition) is 1. The molecule has 0 saturated heterocycles. The molecule has 0 N–H and O–H groups in total. The summed E-state index contributed by atoms with van der Waals surface area (Å²) in [4.78, 5) is 11.3. The van der Waals surface area contributed by atoms with Gasteiger partial charge in [-0.15, -0.1) is 5.92 Å². The van der Waals surface area contributed by atoms with Gasteiger partial charge in [-0.1, -0.05) is 36.3 Å². The van der Waals surface area contributed by atoms with Crippen LogP contribution in [0.5, 0.6) is 0 Å². The van der Waals surface area contributed by atoms with E-state index in [4.69, 9.17) is 0 Å². The summed E-state index contributed by atoms with van der Waals surface area (Å²) < 4.78 is 0. The van der Waals surface area contributed by atoms with Crippen LogP contribution in [0, 0.1) is 11.8 Å². The van der Waals surface area contributed by atoms with Gasteiger partial charge in [-0.2, -0.15) is 0 Å². The number of benzene rings is 1. The van der Waals surface area contributed by atoms with Crippen LogP contribution in [0.15, 0.2) is 30.3 Å². The fourth-order valence-electron chi connectivity index (χ4n) is 1.41. The van der Waals surface area contributed by atoms with Crippen LogP contribution in [0.4, 0.5) is 0 Å². The van der Waals surface area contributed by atoms with Gasteiger partial charge in [-0.05, 0) is 25.3 Å². The van der Waals surface area contributed by atoms with Crippen molar-refractivity contribution in [3.05, 3.63) is 35.9 Å². The van der Waals surface area contributed by atoms with E-state index in [0.29, 0.717) is 12.8 Å². The molecule has 1 nitrogen and oxygen atoms in total. The summed E-state index contributed by atoms with van der Waals surface area (Å²) in [6.07, 6.45) is 2.95. The molecule has 0 aliphatic carbocycles. The molecule has 1 aromatic rings. The van der Waals surface area contributed by atoms with Gasteiger partial charge in [0.1, 0.15) is 5.78 Å². The molecule has 0 bridgehead atoms. The summed E-state index contributed by atoms with van der Waals surface area (Å²) in [5.41, 5.74) is 1.30. The average molecular weight is 200 g/mol. The van der Waals surface area contributed by atoms with E-state index < -0.39 is 0 Å². The molecule has 0 atom stereocenters. The summed E-state index contributed by atoms with van der Waals surface area (Å²) in [7, 11) is 0. The van der Waals surface area contributed by atoms with Crippen LogP contribution >= 0.6 is 0 Å². The van der Waals surface area contributed by atoms with E-state index in [-0.39, 0.29) is 5.78 Å². The molecular formula is C14H16O. The molecule has 1 heteroatoms. The normalized spacial score (nSPS) is 9.13. The maximum absolute atomic E-state index is 11.3. The summed E-state index contributed by atoms with van der Waals surface area (Å²) in [6.45, 7) is 1.76. The molecule has 0 aliphatic heterocycles. The third-order valence-electron chi connectivity index (χ3n) is 2.23. The highest BCUT2D eigenvalue weighted by atomic mass is 16.1. The number of Topliss-reactive ketones (excluding diaryl/α,β-unsaturated/α-hetero) is 1. The van der Waals surface area contributed by atoms with E-state index in [0.717, 1.165) is 12.8 Å². The highest BCUT2D eigenvalue weighted by Gasteiger charge is 1.99. The lowest BCUT2D eigenvalue weighted by molar-refractivity contribution is -0.118. The lowest BCUT2D eigenvalue weighted by Crippen LogP contribution is -1.97. The molecule has 0 unspecified atom stereocenters. The molecule has 0 radical (unpaired) electrons. The first kappa shape index (κ1) is 11.5. The standard InChI is InChI=1S/C14H16O/c1-2-3-11-14(15)12-7-10-13-8-5-4-6-9-13/h4-6,8-9H,7,10-12H2,1H3. The van der Waals surface area contributed by atoms with E-state index in [1.807, 2.05) is 18.2 Å². The number of aryl methyl sites for hydroxylation is 1. The quantitative estimate of drug-likeness (QED) is 0.668. The van der Waals surface area contributed by atoms with Crippen molar-refractivity contribution in [3.8, 4) is 11.8 Å². The third-order valence-corrected chi connectivity index (χ3v) is 2.23. The number of carbonyl (C=O) groups excluding carboxylic acids is 1. The third kappa shape index (κ3) is 5.02. The van der Waals surface area contributed by atoms with Crippen molar-refractivity contribution in [2.45, 2.75) is 32.6 Å². The Labute approximate surface area is 91.5 Å². The second-order valence-electron chi connectivity index (χ2n) is 3.48. The van der Waals surface area contributed by atoms with E-state index in [9.17, 15) is 4.79 Å². The van der Waals surface area contributed by atoms with Gasteiger partial charge in [0, 0.05) is 6.42 Å². The predicted octanol–water partition coefficient (Wildman–Crippen LogP) is 2.99. The van der Waals surface area contributed by atoms with Gasteiger partial charge in [0.25, 0.3) is 0 Å². The van der Waals surface area contributed by atoms with Crippen molar-refractivity contribution in [1.29, 1.82) is 0 Å². The number of carbonyl (C=O) groups is 1. The van der Waals surface area contributed by atoms with Gasteiger partial charge in [0.05, 0.1) is 6.42 Å². The smallest absolute Gasteiger partial charge is 0.144 e. The Morgan fingerprint density at radius 1 is 1.27 bits per heavy atom. The van der Waals surface area contributed by atoms with E-state index >= 15 is 0 Å². The average Bonchev–Trinajstić information content (AvgIpc) is 2.28. The predicted molar refractivity (Wildman–Crippen MR) is 62.5 cm³/mol. The molecule has 0 saturated carbocycles. The molecule has 78 valence electrons. The summed E-state index contributed by atoms with van der Waals surface area (Å²) >= 11 is 0.